The summed E-state index contributed by atoms with van der Waals surface area (Å²) in [5.74, 6) is 0.315. The first-order valence-electron chi connectivity index (χ1n) is 6.85. The molecule has 1 atom stereocenters. The van der Waals surface area contributed by atoms with Crippen LogP contribution < -0.4 is 0 Å². The minimum absolute atomic E-state index is 0.0280. The van der Waals surface area contributed by atoms with Gasteiger partial charge in [-0.05, 0) is 19.1 Å². The van der Waals surface area contributed by atoms with Gasteiger partial charge in [-0.15, -0.1) is 0 Å². The molecule has 1 fully saturated rings. The van der Waals surface area contributed by atoms with Crippen LogP contribution in [-0.4, -0.2) is 53.0 Å². The lowest BCUT2D eigenvalue weighted by Crippen LogP contribution is -2.39. The van der Waals surface area contributed by atoms with Gasteiger partial charge in [0.25, 0.3) is 0 Å². The molecule has 6 heteroatoms. The Bertz CT molecular complexity index is 458. The molecule has 1 aliphatic heterocycles. The number of nitrogens with zero attached hydrogens (tertiary/aromatic N) is 2. The van der Waals surface area contributed by atoms with E-state index in [4.69, 9.17) is 9.52 Å². The molecular weight excluding hydrogens is 260 g/mol. The number of aliphatic hydroxyl groups excluding tert-OH is 1. The maximum Gasteiger partial charge on any atom is 0.228 e. The van der Waals surface area contributed by atoms with E-state index in [1.165, 1.54) is 0 Å². The molecule has 6 nitrogen and oxygen atoms in total. The molecule has 0 spiro atoms. The second kappa shape index (κ2) is 6.56. The van der Waals surface area contributed by atoms with Crippen molar-refractivity contribution in [3.8, 4) is 0 Å². The highest BCUT2D eigenvalue weighted by molar-refractivity contribution is 5.89. The molecule has 2 heterocycles. The normalized spacial score (nSPS) is 18.6. The van der Waals surface area contributed by atoms with Crippen molar-refractivity contribution in [1.29, 1.82) is 0 Å². The minimum atomic E-state index is -0.316. The summed E-state index contributed by atoms with van der Waals surface area (Å²) >= 11 is 0. The number of hydrogen-bond acceptors (Lipinski definition) is 4. The molecule has 0 aliphatic carbocycles. The van der Waals surface area contributed by atoms with Gasteiger partial charge in [0.05, 0.1) is 25.3 Å². The van der Waals surface area contributed by atoms with Gasteiger partial charge >= 0.3 is 0 Å². The summed E-state index contributed by atoms with van der Waals surface area (Å²) < 4.78 is 5.22. The predicted octanol–water partition coefficient (Wildman–Crippen LogP) is 0.469. The zero-order valence-corrected chi connectivity index (χ0v) is 11.6. The van der Waals surface area contributed by atoms with E-state index in [-0.39, 0.29) is 30.8 Å². The summed E-state index contributed by atoms with van der Waals surface area (Å²) in [4.78, 5) is 27.5. The van der Waals surface area contributed by atoms with E-state index in [1.807, 2.05) is 13.0 Å². The number of likely N-dealkylation sites (tertiary alicyclic amines) is 1. The Labute approximate surface area is 118 Å². The third kappa shape index (κ3) is 3.19. The number of carbonyl (C=O) groups is 2. The fraction of sp³-hybridized carbons (Fsp3) is 0.571. The molecule has 110 valence electrons. The second-order valence-corrected chi connectivity index (χ2v) is 4.90. The van der Waals surface area contributed by atoms with Crippen molar-refractivity contribution in [2.45, 2.75) is 19.9 Å². The quantitative estimate of drug-likeness (QED) is 0.822. The van der Waals surface area contributed by atoms with Crippen LogP contribution in [-0.2, 0) is 16.1 Å². The van der Waals surface area contributed by atoms with Crippen LogP contribution in [0.4, 0.5) is 0 Å². The van der Waals surface area contributed by atoms with E-state index in [0.717, 1.165) is 0 Å². The number of hydrogen-bond donors (Lipinski definition) is 1. The summed E-state index contributed by atoms with van der Waals surface area (Å²) in [5.41, 5.74) is 0. The molecule has 0 saturated carbocycles. The minimum Gasteiger partial charge on any atom is -0.467 e. The van der Waals surface area contributed by atoms with Gasteiger partial charge in [0.15, 0.2) is 0 Å². The van der Waals surface area contributed by atoms with Gasteiger partial charge in [0, 0.05) is 26.1 Å². The van der Waals surface area contributed by atoms with E-state index < -0.39 is 0 Å². The number of amides is 2. The molecule has 1 aromatic rings. The Morgan fingerprint density at radius 3 is 3.00 bits per heavy atom. The Hall–Kier alpha value is -1.82. The third-order valence-electron chi connectivity index (χ3n) is 3.55. The number of carbonyl (C=O) groups excluding carboxylic acids is 2. The number of aliphatic hydroxyl groups is 1. The Kier molecular flexibility index (Phi) is 4.79. The SMILES string of the molecule is CCN(CCO)C(=O)C1CC(=O)N(Cc2ccco2)C1. The molecule has 20 heavy (non-hydrogen) atoms. The lowest BCUT2D eigenvalue weighted by molar-refractivity contribution is -0.136. The third-order valence-corrected chi connectivity index (χ3v) is 3.55. The van der Waals surface area contributed by atoms with E-state index in [2.05, 4.69) is 0 Å². The first kappa shape index (κ1) is 14.6. The van der Waals surface area contributed by atoms with Crippen molar-refractivity contribution in [1.82, 2.24) is 9.80 Å². The van der Waals surface area contributed by atoms with Gasteiger partial charge in [0.1, 0.15) is 5.76 Å². The Morgan fingerprint density at radius 1 is 1.60 bits per heavy atom. The highest BCUT2D eigenvalue weighted by Crippen LogP contribution is 2.22. The topological polar surface area (TPSA) is 74.0 Å². The summed E-state index contributed by atoms with van der Waals surface area (Å²) in [7, 11) is 0. The Morgan fingerprint density at radius 2 is 2.40 bits per heavy atom. The van der Waals surface area contributed by atoms with Gasteiger partial charge < -0.3 is 19.3 Å². The fourth-order valence-electron chi connectivity index (χ4n) is 2.48. The molecular formula is C14H20N2O4. The van der Waals surface area contributed by atoms with Crippen LogP contribution in [0.1, 0.15) is 19.1 Å². The summed E-state index contributed by atoms with van der Waals surface area (Å²) in [6, 6.07) is 3.59. The molecule has 1 N–H and O–H groups in total. The van der Waals surface area contributed by atoms with Gasteiger partial charge in [-0.3, -0.25) is 9.59 Å². The van der Waals surface area contributed by atoms with Crippen molar-refractivity contribution >= 4 is 11.8 Å². The maximum absolute atomic E-state index is 12.3. The molecule has 0 radical (unpaired) electrons. The van der Waals surface area contributed by atoms with Crippen molar-refractivity contribution < 1.29 is 19.1 Å². The van der Waals surface area contributed by atoms with Crippen molar-refractivity contribution in [2.24, 2.45) is 5.92 Å². The van der Waals surface area contributed by atoms with Crippen LogP contribution >= 0.6 is 0 Å². The number of likely N-dealkylation sites (N-methyl/N-ethyl adjacent to an activating group) is 1. The number of rotatable bonds is 6. The highest BCUT2D eigenvalue weighted by Gasteiger charge is 2.36. The molecule has 1 unspecified atom stereocenters. The van der Waals surface area contributed by atoms with Crippen molar-refractivity contribution in [3.63, 3.8) is 0 Å². The molecule has 0 aromatic carbocycles. The van der Waals surface area contributed by atoms with E-state index in [1.54, 1.807) is 22.1 Å². The summed E-state index contributed by atoms with van der Waals surface area (Å²) in [6.07, 6.45) is 1.81. The predicted molar refractivity (Wildman–Crippen MR) is 71.6 cm³/mol. The van der Waals surface area contributed by atoms with Gasteiger partial charge in [-0.25, -0.2) is 0 Å². The summed E-state index contributed by atoms with van der Waals surface area (Å²) in [5, 5.41) is 8.95. The average molecular weight is 280 g/mol. The van der Waals surface area contributed by atoms with Gasteiger partial charge in [0.2, 0.25) is 11.8 Å². The van der Waals surface area contributed by atoms with E-state index >= 15 is 0 Å². The van der Waals surface area contributed by atoms with Crippen LogP contribution in [0.25, 0.3) is 0 Å². The van der Waals surface area contributed by atoms with Crippen LogP contribution in [0.5, 0.6) is 0 Å². The van der Waals surface area contributed by atoms with E-state index in [0.29, 0.717) is 31.9 Å². The van der Waals surface area contributed by atoms with Crippen LogP contribution in [0, 0.1) is 5.92 Å². The average Bonchev–Trinajstić information content (AvgIpc) is 3.06. The maximum atomic E-state index is 12.3. The van der Waals surface area contributed by atoms with Crippen LogP contribution in [0.15, 0.2) is 22.8 Å². The first-order valence-corrected chi connectivity index (χ1v) is 6.85. The van der Waals surface area contributed by atoms with Crippen molar-refractivity contribution in [3.05, 3.63) is 24.2 Å². The molecule has 0 bridgehead atoms. The lowest BCUT2D eigenvalue weighted by Gasteiger charge is -2.23. The zero-order valence-electron chi connectivity index (χ0n) is 11.6. The molecule has 2 amide bonds. The van der Waals surface area contributed by atoms with Crippen molar-refractivity contribution in [2.75, 3.05) is 26.2 Å². The highest BCUT2D eigenvalue weighted by atomic mass is 16.3. The van der Waals surface area contributed by atoms with Crippen LogP contribution in [0.2, 0.25) is 0 Å². The fourth-order valence-corrected chi connectivity index (χ4v) is 2.48. The molecule has 1 saturated heterocycles. The zero-order chi connectivity index (χ0) is 14.5. The van der Waals surface area contributed by atoms with Gasteiger partial charge in [-0.1, -0.05) is 0 Å². The molecule has 1 aliphatic rings. The standard InChI is InChI=1S/C14H20N2O4/c1-2-15(5-6-17)14(19)11-8-13(18)16(9-11)10-12-4-3-7-20-12/h3-4,7,11,17H,2,5-6,8-10H2,1H3. The second-order valence-electron chi connectivity index (χ2n) is 4.90. The number of furan rings is 1. The largest absolute Gasteiger partial charge is 0.467 e. The first-order chi connectivity index (χ1) is 9.65. The van der Waals surface area contributed by atoms with Crippen LogP contribution in [0.3, 0.4) is 0 Å². The Balaban J connectivity index is 1.95. The molecule has 1 aromatic heterocycles. The smallest absolute Gasteiger partial charge is 0.228 e. The summed E-state index contributed by atoms with van der Waals surface area (Å²) in [6.45, 7) is 3.49. The lowest BCUT2D eigenvalue weighted by atomic mass is 10.1. The monoisotopic (exact) mass is 280 g/mol. The molecule has 2 rings (SSSR count). The van der Waals surface area contributed by atoms with Gasteiger partial charge in [-0.2, -0.15) is 0 Å². The van der Waals surface area contributed by atoms with E-state index in [9.17, 15) is 9.59 Å².